The summed E-state index contributed by atoms with van der Waals surface area (Å²) < 4.78 is 45.3. The maximum atomic E-state index is 13.9. The van der Waals surface area contributed by atoms with Crippen LogP contribution in [0.5, 0.6) is 11.5 Å². The second kappa shape index (κ2) is 5.63. The van der Waals surface area contributed by atoms with Gasteiger partial charge in [0.2, 0.25) is 0 Å². The molecule has 0 atom stereocenters. The molecule has 2 nitrogen and oxygen atoms in total. The van der Waals surface area contributed by atoms with Gasteiger partial charge in [0.15, 0.2) is 23.1 Å². The molecule has 2 aromatic carbocycles. The van der Waals surface area contributed by atoms with E-state index in [-0.39, 0.29) is 22.5 Å². The molecule has 0 radical (unpaired) electrons. The fourth-order valence-corrected chi connectivity index (χ4v) is 1.97. The molecule has 0 bridgehead atoms. The summed E-state index contributed by atoms with van der Waals surface area (Å²) in [7, 11) is 0. The Morgan fingerprint density at radius 1 is 1.05 bits per heavy atom. The van der Waals surface area contributed by atoms with Crippen LogP contribution >= 0.6 is 15.9 Å². The smallest absolute Gasteiger partial charge is 0.180 e. The lowest BCUT2D eigenvalue weighted by Gasteiger charge is -2.10. The molecule has 0 aliphatic rings. The van der Waals surface area contributed by atoms with Gasteiger partial charge in [0.05, 0.1) is 4.47 Å². The largest absolute Gasteiger partial charge is 0.451 e. The molecular formula is C13H9BrF3NO. The average molecular weight is 332 g/mol. The van der Waals surface area contributed by atoms with Gasteiger partial charge in [0.25, 0.3) is 0 Å². The molecular weight excluding hydrogens is 323 g/mol. The molecule has 0 spiro atoms. The van der Waals surface area contributed by atoms with Crippen molar-refractivity contribution in [3.8, 4) is 11.5 Å². The van der Waals surface area contributed by atoms with E-state index in [4.69, 9.17) is 10.5 Å². The van der Waals surface area contributed by atoms with E-state index < -0.39 is 17.5 Å². The highest BCUT2D eigenvalue weighted by atomic mass is 79.9. The first-order valence-electron chi connectivity index (χ1n) is 5.32. The van der Waals surface area contributed by atoms with Crippen LogP contribution in [0.1, 0.15) is 5.56 Å². The molecule has 0 aromatic heterocycles. The molecule has 100 valence electrons. The highest BCUT2D eigenvalue weighted by molar-refractivity contribution is 9.10. The standard InChI is InChI=1S/C13H9BrF3NO/c14-12-7(6-18)1-3-11(13(12)17)19-10-4-2-8(15)5-9(10)16/h1-5H,6,18H2. The molecule has 2 N–H and O–H groups in total. The Balaban J connectivity index is 2.36. The highest BCUT2D eigenvalue weighted by Gasteiger charge is 2.14. The third-order valence-corrected chi connectivity index (χ3v) is 3.32. The minimum Gasteiger partial charge on any atom is -0.451 e. The normalized spacial score (nSPS) is 10.6. The van der Waals surface area contributed by atoms with E-state index in [1.807, 2.05) is 0 Å². The predicted octanol–water partition coefficient (Wildman–Crippen LogP) is 4.12. The molecule has 0 amide bonds. The van der Waals surface area contributed by atoms with Crippen LogP contribution in [0.3, 0.4) is 0 Å². The Kier molecular flexibility index (Phi) is 4.11. The number of hydrogen-bond acceptors (Lipinski definition) is 2. The van der Waals surface area contributed by atoms with Crippen molar-refractivity contribution in [2.45, 2.75) is 6.54 Å². The summed E-state index contributed by atoms with van der Waals surface area (Å²) in [5.41, 5.74) is 5.98. The predicted molar refractivity (Wildman–Crippen MR) is 68.4 cm³/mol. The topological polar surface area (TPSA) is 35.2 Å². The first kappa shape index (κ1) is 13.9. The highest BCUT2D eigenvalue weighted by Crippen LogP contribution is 2.32. The SMILES string of the molecule is NCc1ccc(Oc2ccc(F)cc2F)c(F)c1Br. The summed E-state index contributed by atoms with van der Waals surface area (Å²) in [6.07, 6.45) is 0. The van der Waals surface area contributed by atoms with Crippen LogP contribution in [-0.4, -0.2) is 0 Å². The third-order valence-electron chi connectivity index (χ3n) is 2.46. The summed E-state index contributed by atoms with van der Waals surface area (Å²) in [6.45, 7) is 0.155. The Morgan fingerprint density at radius 2 is 1.74 bits per heavy atom. The summed E-state index contributed by atoms with van der Waals surface area (Å²) in [5.74, 6) is -2.75. The summed E-state index contributed by atoms with van der Waals surface area (Å²) in [6, 6.07) is 5.68. The summed E-state index contributed by atoms with van der Waals surface area (Å²) in [5, 5.41) is 0. The van der Waals surface area contributed by atoms with Crippen molar-refractivity contribution < 1.29 is 17.9 Å². The van der Waals surface area contributed by atoms with Gasteiger partial charge in [-0.1, -0.05) is 6.07 Å². The minimum atomic E-state index is -0.904. The van der Waals surface area contributed by atoms with Crippen molar-refractivity contribution in [3.05, 3.63) is 57.8 Å². The van der Waals surface area contributed by atoms with Crippen molar-refractivity contribution in [2.24, 2.45) is 5.73 Å². The monoisotopic (exact) mass is 331 g/mol. The molecule has 0 aliphatic carbocycles. The van der Waals surface area contributed by atoms with E-state index in [1.54, 1.807) is 6.07 Å². The first-order chi connectivity index (χ1) is 9.02. The first-order valence-corrected chi connectivity index (χ1v) is 6.12. The zero-order valence-corrected chi connectivity index (χ0v) is 11.2. The van der Waals surface area contributed by atoms with Crippen molar-refractivity contribution in [2.75, 3.05) is 0 Å². The van der Waals surface area contributed by atoms with Crippen LogP contribution in [0.2, 0.25) is 0 Å². The molecule has 2 rings (SSSR count). The average Bonchev–Trinajstić information content (AvgIpc) is 2.38. The van der Waals surface area contributed by atoms with Crippen LogP contribution in [0, 0.1) is 17.5 Å². The number of nitrogens with two attached hydrogens (primary N) is 1. The van der Waals surface area contributed by atoms with Gasteiger partial charge in [-0.25, -0.2) is 13.2 Å². The Hall–Kier alpha value is -1.53. The van der Waals surface area contributed by atoms with Crippen LogP contribution < -0.4 is 10.5 Å². The maximum absolute atomic E-state index is 13.9. The molecule has 6 heteroatoms. The summed E-state index contributed by atoms with van der Waals surface area (Å²) >= 11 is 3.05. The van der Waals surface area contributed by atoms with E-state index in [0.29, 0.717) is 11.6 Å². The zero-order chi connectivity index (χ0) is 14.0. The van der Waals surface area contributed by atoms with Crippen LogP contribution in [-0.2, 0) is 6.54 Å². The molecule has 0 saturated heterocycles. The fraction of sp³-hybridized carbons (Fsp3) is 0.0769. The minimum absolute atomic E-state index is 0.155. The number of halogens is 4. The molecule has 0 saturated carbocycles. The van der Waals surface area contributed by atoms with E-state index in [1.165, 1.54) is 6.07 Å². The zero-order valence-electron chi connectivity index (χ0n) is 9.59. The summed E-state index contributed by atoms with van der Waals surface area (Å²) in [4.78, 5) is 0. The lowest BCUT2D eigenvalue weighted by Crippen LogP contribution is -2.00. The number of benzene rings is 2. The van der Waals surface area contributed by atoms with Gasteiger partial charge in [-0.3, -0.25) is 0 Å². The van der Waals surface area contributed by atoms with E-state index in [2.05, 4.69) is 15.9 Å². The van der Waals surface area contributed by atoms with Crippen molar-refractivity contribution >= 4 is 15.9 Å². The van der Waals surface area contributed by atoms with Gasteiger partial charge in [-0.15, -0.1) is 0 Å². The van der Waals surface area contributed by atoms with E-state index in [0.717, 1.165) is 12.1 Å². The van der Waals surface area contributed by atoms with Crippen molar-refractivity contribution in [1.29, 1.82) is 0 Å². The Morgan fingerprint density at radius 3 is 2.37 bits per heavy atom. The van der Waals surface area contributed by atoms with Gasteiger partial charge in [0, 0.05) is 12.6 Å². The van der Waals surface area contributed by atoms with Gasteiger partial charge >= 0.3 is 0 Å². The second-order valence-corrected chi connectivity index (χ2v) is 4.52. The molecule has 0 fully saturated rings. The van der Waals surface area contributed by atoms with Crippen LogP contribution in [0.25, 0.3) is 0 Å². The number of hydrogen-bond donors (Lipinski definition) is 1. The van der Waals surface area contributed by atoms with Crippen molar-refractivity contribution in [1.82, 2.24) is 0 Å². The van der Waals surface area contributed by atoms with Gasteiger partial charge in [0.1, 0.15) is 5.82 Å². The van der Waals surface area contributed by atoms with Gasteiger partial charge in [-0.05, 0) is 39.7 Å². The second-order valence-electron chi connectivity index (χ2n) is 3.73. The maximum Gasteiger partial charge on any atom is 0.180 e. The van der Waals surface area contributed by atoms with Crippen LogP contribution in [0.15, 0.2) is 34.8 Å². The lowest BCUT2D eigenvalue weighted by atomic mass is 10.2. The Labute approximate surface area is 116 Å². The molecule has 0 aliphatic heterocycles. The van der Waals surface area contributed by atoms with Crippen molar-refractivity contribution in [3.63, 3.8) is 0 Å². The van der Waals surface area contributed by atoms with Gasteiger partial charge < -0.3 is 10.5 Å². The third kappa shape index (κ3) is 2.90. The molecule has 0 unspecified atom stereocenters. The van der Waals surface area contributed by atoms with E-state index >= 15 is 0 Å². The van der Waals surface area contributed by atoms with Gasteiger partial charge in [-0.2, -0.15) is 0 Å². The molecule has 0 heterocycles. The Bertz CT molecular complexity index is 619. The van der Waals surface area contributed by atoms with Crippen LogP contribution in [0.4, 0.5) is 13.2 Å². The number of ether oxygens (including phenoxy) is 1. The fourth-order valence-electron chi connectivity index (χ4n) is 1.48. The quantitative estimate of drug-likeness (QED) is 0.918. The number of rotatable bonds is 3. The van der Waals surface area contributed by atoms with E-state index in [9.17, 15) is 13.2 Å². The lowest BCUT2D eigenvalue weighted by molar-refractivity contribution is 0.410. The molecule has 2 aromatic rings. The molecule has 19 heavy (non-hydrogen) atoms.